The smallest absolute Gasteiger partial charge is 0.0719 e. The van der Waals surface area contributed by atoms with Crippen LogP contribution in [0.25, 0.3) is 0 Å². The average molecular weight is 202 g/mol. The highest BCUT2D eigenvalue weighted by molar-refractivity contribution is 5.20. The molecule has 0 atom stereocenters. The third kappa shape index (κ3) is 4.62. The van der Waals surface area contributed by atoms with Gasteiger partial charge in [0.25, 0.3) is 0 Å². The van der Waals surface area contributed by atoms with Crippen molar-refractivity contribution < 1.29 is 0 Å². The van der Waals surface area contributed by atoms with E-state index in [1.807, 2.05) is 26.1 Å². The molecule has 1 aromatic rings. The van der Waals surface area contributed by atoms with Gasteiger partial charge >= 0.3 is 0 Å². The van der Waals surface area contributed by atoms with Gasteiger partial charge in [0.2, 0.25) is 0 Å². The number of hydrogen-bond donors (Lipinski definition) is 1. The van der Waals surface area contributed by atoms with Crippen molar-refractivity contribution in [2.75, 3.05) is 0 Å². The molecule has 0 amide bonds. The quantitative estimate of drug-likeness (QED) is 0.744. The van der Waals surface area contributed by atoms with Crippen LogP contribution in [0.3, 0.4) is 0 Å². The van der Waals surface area contributed by atoms with Gasteiger partial charge in [0.15, 0.2) is 0 Å². The maximum absolute atomic E-state index is 5.75. The number of aromatic nitrogens is 1. The van der Waals surface area contributed by atoms with Gasteiger partial charge in [-0.1, -0.05) is 24.8 Å². The van der Waals surface area contributed by atoms with E-state index in [1.165, 1.54) is 5.56 Å². The molecule has 15 heavy (non-hydrogen) atoms. The topological polar surface area (TPSA) is 38.9 Å². The maximum Gasteiger partial charge on any atom is 0.0719 e. The Hall–Kier alpha value is -1.33. The molecule has 0 fully saturated rings. The molecule has 0 radical (unpaired) electrons. The second-order valence-corrected chi connectivity index (χ2v) is 4.21. The van der Waals surface area contributed by atoms with Crippen LogP contribution in [-0.2, 0) is 12.8 Å². The SMILES string of the molecule is CCc1ccc(CC#CC(C)(C)N)nc1. The Morgan fingerprint density at radius 1 is 1.40 bits per heavy atom. The summed E-state index contributed by atoms with van der Waals surface area (Å²) in [6.07, 6.45) is 3.60. The van der Waals surface area contributed by atoms with Crippen LogP contribution in [0.15, 0.2) is 18.3 Å². The van der Waals surface area contributed by atoms with E-state index in [0.29, 0.717) is 6.42 Å². The largest absolute Gasteiger partial charge is 0.316 e. The van der Waals surface area contributed by atoms with Crippen LogP contribution in [0, 0.1) is 11.8 Å². The average Bonchev–Trinajstić information content (AvgIpc) is 2.17. The Morgan fingerprint density at radius 2 is 2.13 bits per heavy atom. The Labute approximate surface area is 91.9 Å². The van der Waals surface area contributed by atoms with Gasteiger partial charge in [0.1, 0.15) is 0 Å². The van der Waals surface area contributed by atoms with Crippen molar-refractivity contribution in [3.63, 3.8) is 0 Å². The molecule has 0 unspecified atom stereocenters. The lowest BCUT2D eigenvalue weighted by molar-refractivity contribution is 0.680. The first-order valence-corrected chi connectivity index (χ1v) is 5.24. The highest BCUT2D eigenvalue weighted by atomic mass is 14.7. The van der Waals surface area contributed by atoms with E-state index >= 15 is 0 Å². The molecule has 2 nitrogen and oxygen atoms in total. The lowest BCUT2D eigenvalue weighted by Crippen LogP contribution is -2.29. The molecule has 0 saturated heterocycles. The normalized spacial score (nSPS) is 10.7. The van der Waals surface area contributed by atoms with E-state index in [4.69, 9.17) is 5.73 Å². The summed E-state index contributed by atoms with van der Waals surface area (Å²) in [4.78, 5) is 4.33. The van der Waals surface area contributed by atoms with Gasteiger partial charge in [0.05, 0.1) is 17.7 Å². The fourth-order valence-electron chi connectivity index (χ4n) is 1.13. The zero-order chi connectivity index (χ0) is 11.3. The van der Waals surface area contributed by atoms with E-state index in [0.717, 1.165) is 12.1 Å². The molecule has 0 aliphatic rings. The van der Waals surface area contributed by atoms with Crippen molar-refractivity contribution in [3.05, 3.63) is 29.6 Å². The fraction of sp³-hybridized carbons (Fsp3) is 0.462. The second-order valence-electron chi connectivity index (χ2n) is 4.21. The number of rotatable bonds is 2. The van der Waals surface area contributed by atoms with Gasteiger partial charge in [-0.3, -0.25) is 4.98 Å². The Bertz CT molecular complexity index is 360. The van der Waals surface area contributed by atoms with E-state index in [9.17, 15) is 0 Å². The molecule has 0 aliphatic carbocycles. The number of aryl methyl sites for hydroxylation is 1. The predicted molar refractivity (Wildman–Crippen MR) is 63.4 cm³/mol. The molecule has 0 aromatic carbocycles. The summed E-state index contributed by atoms with van der Waals surface area (Å²) in [6, 6.07) is 4.12. The summed E-state index contributed by atoms with van der Waals surface area (Å²) in [6.45, 7) is 5.91. The van der Waals surface area contributed by atoms with Gasteiger partial charge in [-0.15, -0.1) is 0 Å². The number of nitrogens with zero attached hydrogens (tertiary/aromatic N) is 1. The van der Waals surface area contributed by atoms with Gasteiger partial charge < -0.3 is 5.73 Å². The highest BCUT2D eigenvalue weighted by Gasteiger charge is 2.03. The van der Waals surface area contributed by atoms with E-state index in [1.54, 1.807) is 0 Å². The van der Waals surface area contributed by atoms with Gasteiger partial charge in [-0.25, -0.2) is 0 Å². The standard InChI is InChI=1S/C13H18N2/c1-4-11-7-8-12(15-10-11)6-5-9-13(2,3)14/h7-8,10H,4,6,14H2,1-3H3. The van der Waals surface area contributed by atoms with Gasteiger partial charge in [-0.2, -0.15) is 0 Å². The van der Waals surface area contributed by atoms with Crippen LogP contribution in [0.5, 0.6) is 0 Å². The van der Waals surface area contributed by atoms with Crippen LogP contribution in [0.1, 0.15) is 32.0 Å². The minimum Gasteiger partial charge on any atom is -0.316 e. The molecular weight excluding hydrogens is 184 g/mol. The zero-order valence-corrected chi connectivity index (χ0v) is 9.67. The first-order valence-electron chi connectivity index (χ1n) is 5.24. The van der Waals surface area contributed by atoms with E-state index in [2.05, 4.69) is 29.8 Å². The summed E-state index contributed by atoms with van der Waals surface area (Å²) in [5.41, 5.74) is 7.60. The third-order valence-corrected chi connectivity index (χ3v) is 1.97. The molecule has 1 rings (SSSR count). The monoisotopic (exact) mass is 202 g/mol. The molecule has 2 heteroatoms. The maximum atomic E-state index is 5.75. The fourth-order valence-corrected chi connectivity index (χ4v) is 1.13. The minimum atomic E-state index is -0.413. The second kappa shape index (κ2) is 4.95. The van der Waals surface area contributed by atoms with Crippen LogP contribution in [0.4, 0.5) is 0 Å². The summed E-state index contributed by atoms with van der Waals surface area (Å²) in [5.74, 6) is 6.03. The molecule has 0 aliphatic heterocycles. The lowest BCUT2D eigenvalue weighted by Gasteiger charge is -2.07. The van der Waals surface area contributed by atoms with Crippen molar-refractivity contribution in [2.24, 2.45) is 5.73 Å². The molecule has 1 heterocycles. The van der Waals surface area contributed by atoms with E-state index in [-0.39, 0.29) is 0 Å². The molecule has 0 spiro atoms. The van der Waals surface area contributed by atoms with Crippen molar-refractivity contribution in [2.45, 2.75) is 39.2 Å². The van der Waals surface area contributed by atoms with Crippen LogP contribution in [-0.4, -0.2) is 10.5 Å². The van der Waals surface area contributed by atoms with Gasteiger partial charge in [-0.05, 0) is 31.9 Å². The first kappa shape index (κ1) is 11.7. The number of hydrogen-bond acceptors (Lipinski definition) is 2. The lowest BCUT2D eigenvalue weighted by atomic mass is 10.1. The van der Waals surface area contributed by atoms with Gasteiger partial charge in [0, 0.05) is 6.20 Å². The minimum absolute atomic E-state index is 0.413. The van der Waals surface area contributed by atoms with Crippen LogP contribution >= 0.6 is 0 Å². The summed E-state index contributed by atoms with van der Waals surface area (Å²) >= 11 is 0. The molecule has 0 saturated carbocycles. The highest BCUT2D eigenvalue weighted by Crippen LogP contribution is 2.01. The number of pyridine rings is 1. The van der Waals surface area contributed by atoms with Crippen molar-refractivity contribution >= 4 is 0 Å². The van der Waals surface area contributed by atoms with Crippen LogP contribution < -0.4 is 5.73 Å². The Morgan fingerprint density at radius 3 is 2.60 bits per heavy atom. The van der Waals surface area contributed by atoms with Crippen molar-refractivity contribution in [1.29, 1.82) is 0 Å². The molecule has 80 valence electrons. The first-order chi connectivity index (χ1) is 7.01. The molecule has 2 N–H and O–H groups in total. The zero-order valence-electron chi connectivity index (χ0n) is 9.67. The van der Waals surface area contributed by atoms with E-state index < -0.39 is 5.54 Å². The third-order valence-electron chi connectivity index (χ3n) is 1.97. The van der Waals surface area contributed by atoms with Crippen LogP contribution in [0.2, 0.25) is 0 Å². The summed E-state index contributed by atoms with van der Waals surface area (Å²) in [7, 11) is 0. The Balaban J connectivity index is 2.61. The predicted octanol–water partition coefficient (Wildman–Crippen LogP) is 1.93. The molecule has 1 aromatic heterocycles. The van der Waals surface area contributed by atoms with Crippen molar-refractivity contribution in [3.8, 4) is 11.8 Å². The number of nitrogens with two attached hydrogens (primary N) is 1. The van der Waals surface area contributed by atoms with Crippen molar-refractivity contribution in [1.82, 2.24) is 4.98 Å². The molecular formula is C13H18N2. The molecule has 0 bridgehead atoms. The Kier molecular flexibility index (Phi) is 3.88. The summed E-state index contributed by atoms with van der Waals surface area (Å²) < 4.78 is 0. The summed E-state index contributed by atoms with van der Waals surface area (Å²) in [5, 5.41) is 0.